The van der Waals surface area contributed by atoms with Crippen molar-refractivity contribution in [3.63, 3.8) is 0 Å². The Morgan fingerprint density at radius 2 is 1.73 bits per heavy atom. The molecule has 0 saturated carbocycles. The van der Waals surface area contributed by atoms with E-state index in [1.165, 1.54) is 4.90 Å². The lowest BCUT2D eigenvalue weighted by molar-refractivity contribution is 0.0945. The molecule has 0 radical (unpaired) electrons. The normalized spacial score (nSPS) is 10.6. The number of hydrogen-bond donors (Lipinski definition) is 1. The molecule has 26 heavy (non-hydrogen) atoms. The first-order valence-corrected chi connectivity index (χ1v) is 9.47. The van der Waals surface area contributed by atoms with E-state index in [1.807, 2.05) is 68.8 Å². The van der Waals surface area contributed by atoms with E-state index in [4.69, 9.17) is 4.74 Å². The van der Waals surface area contributed by atoms with Crippen molar-refractivity contribution in [3.8, 4) is 11.5 Å². The molecule has 1 aromatic heterocycles. The van der Waals surface area contributed by atoms with Crippen molar-refractivity contribution in [1.82, 2.24) is 15.1 Å². The highest BCUT2D eigenvalue weighted by Gasteiger charge is 2.10. The smallest absolute Gasteiger partial charge is 0.272 e. The Kier molecular flexibility index (Phi) is 5.63. The van der Waals surface area contributed by atoms with E-state index in [-0.39, 0.29) is 5.91 Å². The molecule has 134 valence electrons. The van der Waals surface area contributed by atoms with Gasteiger partial charge in [0.2, 0.25) is 0 Å². The molecule has 0 aliphatic heterocycles. The molecule has 0 saturated heterocycles. The second-order valence-electron chi connectivity index (χ2n) is 5.90. The molecular weight excluding hydrogens is 346 g/mol. The average Bonchev–Trinajstić information content (AvgIpc) is 3.00. The lowest BCUT2D eigenvalue weighted by atomic mass is 10.2. The number of nitrogens with one attached hydrogen (secondary N) is 1. The number of ether oxygens (including phenoxy) is 1. The number of nitrogens with zero attached hydrogens (tertiary/aromatic N) is 2. The van der Waals surface area contributed by atoms with E-state index < -0.39 is 0 Å². The van der Waals surface area contributed by atoms with Gasteiger partial charge in [-0.05, 0) is 61.2 Å². The van der Waals surface area contributed by atoms with Gasteiger partial charge >= 0.3 is 0 Å². The van der Waals surface area contributed by atoms with Crippen LogP contribution >= 0.6 is 11.8 Å². The van der Waals surface area contributed by atoms with Crippen LogP contribution in [0.1, 0.15) is 21.7 Å². The number of thioether (sulfide) groups is 1. The monoisotopic (exact) mass is 367 g/mol. The zero-order valence-corrected chi connectivity index (χ0v) is 15.8. The summed E-state index contributed by atoms with van der Waals surface area (Å²) in [6.45, 7) is 2.36. The minimum Gasteiger partial charge on any atom is -0.457 e. The van der Waals surface area contributed by atoms with Crippen molar-refractivity contribution in [2.75, 3.05) is 6.26 Å². The Bertz CT molecular complexity index is 867. The highest BCUT2D eigenvalue weighted by atomic mass is 32.2. The summed E-state index contributed by atoms with van der Waals surface area (Å²) in [5.41, 5.74) is 2.37. The molecule has 1 N–H and O–H groups in total. The van der Waals surface area contributed by atoms with Gasteiger partial charge in [0.15, 0.2) is 0 Å². The number of carbonyl (C=O) groups is 1. The maximum Gasteiger partial charge on any atom is 0.272 e. The number of hydrogen-bond acceptors (Lipinski definition) is 4. The van der Waals surface area contributed by atoms with Gasteiger partial charge in [0.1, 0.15) is 17.2 Å². The van der Waals surface area contributed by atoms with Crippen LogP contribution in [0, 0.1) is 6.92 Å². The highest BCUT2D eigenvalue weighted by Crippen LogP contribution is 2.24. The predicted molar refractivity (Wildman–Crippen MR) is 104 cm³/mol. The quantitative estimate of drug-likeness (QED) is 0.664. The SMILES string of the molecule is CSc1ccc(Oc2ccc(CNC(=O)c3cc(C)n(C)n3)cc2)cc1. The van der Waals surface area contributed by atoms with E-state index in [2.05, 4.69) is 10.4 Å². The predicted octanol–water partition coefficient (Wildman–Crippen LogP) is 4.17. The largest absolute Gasteiger partial charge is 0.457 e. The average molecular weight is 367 g/mol. The molecular formula is C20H21N3O2S. The summed E-state index contributed by atoms with van der Waals surface area (Å²) in [5.74, 6) is 1.38. The Morgan fingerprint density at radius 1 is 1.12 bits per heavy atom. The molecule has 1 amide bonds. The first kappa shape index (κ1) is 18.1. The maximum atomic E-state index is 12.1. The van der Waals surface area contributed by atoms with Crippen molar-refractivity contribution in [3.05, 3.63) is 71.5 Å². The van der Waals surface area contributed by atoms with Crippen LogP contribution in [-0.2, 0) is 13.6 Å². The summed E-state index contributed by atoms with van der Waals surface area (Å²) in [5, 5.41) is 7.06. The van der Waals surface area contributed by atoms with Gasteiger partial charge in [-0.25, -0.2) is 0 Å². The van der Waals surface area contributed by atoms with Gasteiger partial charge in [-0.1, -0.05) is 12.1 Å². The second kappa shape index (κ2) is 8.10. The van der Waals surface area contributed by atoms with Gasteiger partial charge in [0.05, 0.1) is 0 Å². The first-order valence-electron chi connectivity index (χ1n) is 8.25. The van der Waals surface area contributed by atoms with Crippen LogP contribution in [0.5, 0.6) is 11.5 Å². The number of aromatic nitrogens is 2. The van der Waals surface area contributed by atoms with Crippen LogP contribution in [0.4, 0.5) is 0 Å². The summed E-state index contributed by atoms with van der Waals surface area (Å²) in [6, 6.07) is 17.4. The Morgan fingerprint density at radius 3 is 2.27 bits per heavy atom. The fourth-order valence-corrected chi connectivity index (χ4v) is 2.81. The van der Waals surface area contributed by atoms with E-state index in [9.17, 15) is 4.79 Å². The van der Waals surface area contributed by atoms with Crippen molar-refractivity contribution < 1.29 is 9.53 Å². The van der Waals surface area contributed by atoms with E-state index >= 15 is 0 Å². The summed E-state index contributed by atoms with van der Waals surface area (Å²) in [6.07, 6.45) is 2.04. The van der Waals surface area contributed by atoms with Crippen molar-refractivity contribution in [2.24, 2.45) is 7.05 Å². The van der Waals surface area contributed by atoms with Gasteiger partial charge in [-0.2, -0.15) is 5.10 Å². The molecule has 0 fully saturated rings. The second-order valence-corrected chi connectivity index (χ2v) is 6.78. The molecule has 0 unspecified atom stereocenters. The number of benzene rings is 2. The fourth-order valence-electron chi connectivity index (χ4n) is 2.40. The Balaban J connectivity index is 1.56. The van der Waals surface area contributed by atoms with Gasteiger partial charge in [-0.15, -0.1) is 11.8 Å². The molecule has 0 atom stereocenters. The minimum absolute atomic E-state index is 0.178. The van der Waals surface area contributed by atoms with Crippen molar-refractivity contribution >= 4 is 17.7 Å². The standard InChI is InChI=1S/C20H21N3O2S/c1-14-12-19(22-23(14)2)20(24)21-13-15-4-6-16(7-5-15)25-17-8-10-18(26-3)11-9-17/h4-12H,13H2,1-3H3,(H,21,24). The third-order valence-corrected chi connectivity index (χ3v) is 4.76. The molecule has 0 bridgehead atoms. The topological polar surface area (TPSA) is 56.1 Å². The number of aryl methyl sites for hydroxylation is 2. The molecule has 0 spiro atoms. The summed E-state index contributed by atoms with van der Waals surface area (Å²) >= 11 is 1.70. The van der Waals surface area contributed by atoms with E-state index in [1.54, 1.807) is 22.5 Å². The Hall–Kier alpha value is -2.73. The lowest BCUT2D eigenvalue weighted by Crippen LogP contribution is -2.23. The molecule has 5 nitrogen and oxygen atoms in total. The number of carbonyl (C=O) groups excluding carboxylic acids is 1. The van der Waals surface area contributed by atoms with Crippen LogP contribution in [0.15, 0.2) is 59.5 Å². The van der Waals surface area contributed by atoms with Gasteiger partial charge < -0.3 is 10.1 Å². The highest BCUT2D eigenvalue weighted by molar-refractivity contribution is 7.98. The minimum atomic E-state index is -0.178. The van der Waals surface area contributed by atoms with E-state index in [0.29, 0.717) is 12.2 Å². The van der Waals surface area contributed by atoms with E-state index in [0.717, 1.165) is 22.8 Å². The number of rotatable bonds is 6. The first-order chi connectivity index (χ1) is 12.5. The third-order valence-electron chi connectivity index (χ3n) is 4.02. The van der Waals surface area contributed by atoms with Crippen LogP contribution in [0.25, 0.3) is 0 Å². The van der Waals surface area contributed by atoms with Crippen molar-refractivity contribution in [1.29, 1.82) is 0 Å². The molecule has 6 heteroatoms. The summed E-state index contributed by atoms with van der Waals surface area (Å²) < 4.78 is 7.52. The Labute approximate surface area is 157 Å². The zero-order valence-electron chi connectivity index (χ0n) is 15.0. The molecule has 1 heterocycles. The molecule has 0 aliphatic carbocycles. The van der Waals surface area contributed by atoms with Crippen LogP contribution < -0.4 is 10.1 Å². The van der Waals surface area contributed by atoms with Gasteiger partial charge in [0.25, 0.3) is 5.91 Å². The third kappa shape index (κ3) is 4.46. The molecule has 0 aliphatic rings. The molecule has 3 aromatic rings. The fraction of sp³-hybridized carbons (Fsp3) is 0.200. The summed E-state index contributed by atoms with van der Waals surface area (Å²) in [7, 11) is 1.82. The lowest BCUT2D eigenvalue weighted by Gasteiger charge is -2.08. The summed E-state index contributed by atoms with van der Waals surface area (Å²) in [4.78, 5) is 13.3. The van der Waals surface area contributed by atoms with Gasteiger partial charge in [0, 0.05) is 24.2 Å². The molecule has 2 aromatic carbocycles. The van der Waals surface area contributed by atoms with Crippen LogP contribution in [-0.4, -0.2) is 21.9 Å². The zero-order chi connectivity index (χ0) is 18.5. The molecule has 3 rings (SSSR count). The maximum absolute atomic E-state index is 12.1. The number of amides is 1. The van der Waals surface area contributed by atoms with Crippen LogP contribution in [0.2, 0.25) is 0 Å². The van der Waals surface area contributed by atoms with Crippen LogP contribution in [0.3, 0.4) is 0 Å². The van der Waals surface area contributed by atoms with Gasteiger partial charge in [-0.3, -0.25) is 9.48 Å². The van der Waals surface area contributed by atoms with Crippen molar-refractivity contribution in [2.45, 2.75) is 18.4 Å².